The first kappa shape index (κ1) is 20.4. The van der Waals surface area contributed by atoms with E-state index in [1.807, 2.05) is 0 Å². The lowest BCUT2D eigenvalue weighted by molar-refractivity contribution is 1.58. The fraction of sp³-hybridized carbons (Fsp3) is 0. The van der Waals surface area contributed by atoms with Gasteiger partial charge in [0.05, 0.1) is 0 Å². The Hall–Kier alpha value is -4.23. The molecular formula is C33H24B-. The highest BCUT2D eigenvalue weighted by Gasteiger charge is 2.38. The first-order valence-electron chi connectivity index (χ1n) is 11.8. The predicted octanol–water partition coefficient (Wildman–Crippen LogP) is 7.42. The van der Waals surface area contributed by atoms with Gasteiger partial charge in [-0.3, -0.25) is 0 Å². The van der Waals surface area contributed by atoms with Gasteiger partial charge in [-0.15, -0.1) is 0 Å². The van der Waals surface area contributed by atoms with E-state index in [1.165, 1.54) is 49.8 Å². The van der Waals surface area contributed by atoms with E-state index in [1.54, 1.807) is 0 Å². The van der Waals surface area contributed by atoms with E-state index >= 15 is 0 Å². The number of hydrogen-bond donors (Lipinski definition) is 0. The summed E-state index contributed by atoms with van der Waals surface area (Å²) in [5.41, 5.74) is 11.8. The highest BCUT2D eigenvalue weighted by molar-refractivity contribution is 7.08. The van der Waals surface area contributed by atoms with Gasteiger partial charge in [0.2, 0.25) is 6.71 Å². The minimum absolute atomic E-state index is 0.144. The summed E-state index contributed by atoms with van der Waals surface area (Å²) < 4.78 is 0. The molecule has 6 rings (SSSR count). The van der Waals surface area contributed by atoms with Gasteiger partial charge in [-0.1, -0.05) is 132 Å². The van der Waals surface area contributed by atoms with E-state index in [9.17, 15) is 0 Å². The van der Waals surface area contributed by atoms with Crippen LogP contribution in [-0.4, -0.2) is 6.71 Å². The smallest absolute Gasteiger partial charge is 0.218 e. The monoisotopic (exact) mass is 431 g/mol. The van der Waals surface area contributed by atoms with Gasteiger partial charge in [-0.2, -0.15) is 17.6 Å². The van der Waals surface area contributed by atoms with E-state index in [0.29, 0.717) is 0 Å². The third kappa shape index (κ3) is 3.56. The van der Waals surface area contributed by atoms with Crippen molar-refractivity contribution in [2.24, 2.45) is 0 Å². The Morgan fingerprint density at radius 1 is 0.382 bits per heavy atom. The summed E-state index contributed by atoms with van der Waals surface area (Å²) in [6.45, 7) is 0.144. The van der Waals surface area contributed by atoms with Crippen molar-refractivity contribution in [1.82, 2.24) is 0 Å². The quantitative estimate of drug-likeness (QED) is 0.201. The molecule has 1 heterocycles. The number of benzene rings is 4. The molecule has 1 aliphatic heterocycles. The summed E-state index contributed by atoms with van der Waals surface area (Å²) >= 11 is 0. The van der Waals surface area contributed by atoms with Crippen LogP contribution in [0.5, 0.6) is 0 Å². The van der Waals surface area contributed by atoms with Gasteiger partial charge in [0, 0.05) is 0 Å². The van der Waals surface area contributed by atoms with Crippen LogP contribution in [0.25, 0.3) is 22.1 Å². The molecule has 0 saturated heterocycles. The van der Waals surface area contributed by atoms with Crippen molar-refractivity contribution in [1.29, 1.82) is 0 Å². The molecule has 0 bridgehead atoms. The Bertz CT molecular complexity index is 1340. The molecule has 0 N–H and O–H groups in total. The summed E-state index contributed by atoms with van der Waals surface area (Å²) in [6, 6.07) is 52.4. The molecule has 5 aromatic carbocycles. The average Bonchev–Trinajstić information content (AvgIpc) is 3.57. The summed E-state index contributed by atoms with van der Waals surface area (Å²) in [5.74, 6) is 0. The molecule has 0 amide bonds. The minimum Gasteiger partial charge on any atom is -0.218 e. The second-order valence-electron chi connectivity index (χ2n) is 8.69. The minimum atomic E-state index is 0.144. The van der Waals surface area contributed by atoms with Crippen LogP contribution in [-0.2, 0) is 0 Å². The summed E-state index contributed by atoms with van der Waals surface area (Å²) in [7, 11) is 0. The maximum Gasteiger partial charge on any atom is 0.219 e. The van der Waals surface area contributed by atoms with Crippen LogP contribution in [0.3, 0.4) is 0 Å². The topological polar surface area (TPSA) is 0 Å². The molecule has 1 aliphatic rings. The van der Waals surface area contributed by atoms with Gasteiger partial charge in [-0.25, -0.2) is 12.1 Å². The van der Waals surface area contributed by atoms with Crippen molar-refractivity contribution in [2.75, 3.05) is 0 Å². The van der Waals surface area contributed by atoms with Crippen LogP contribution in [0.2, 0.25) is 0 Å². The lowest BCUT2D eigenvalue weighted by Gasteiger charge is -2.20. The van der Waals surface area contributed by atoms with Crippen molar-refractivity contribution in [2.45, 2.75) is 0 Å². The second-order valence-corrected chi connectivity index (χ2v) is 8.69. The molecule has 34 heavy (non-hydrogen) atoms. The third-order valence-corrected chi connectivity index (χ3v) is 6.68. The van der Waals surface area contributed by atoms with Crippen LogP contribution in [0.4, 0.5) is 0 Å². The van der Waals surface area contributed by atoms with Crippen LogP contribution in [0, 0.1) is 0 Å². The van der Waals surface area contributed by atoms with E-state index in [2.05, 4.69) is 146 Å². The summed E-state index contributed by atoms with van der Waals surface area (Å²) in [6.07, 6.45) is 0. The Labute approximate surface area is 202 Å². The summed E-state index contributed by atoms with van der Waals surface area (Å²) in [5, 5.41) is 0. The first-order chi connectivity index (χ1) is 16.9. The van der Waals surface area contributed by atoms with Crippen LogP contribution in [0.15, 0.2) is 146 Å². The number of hydrogen-bond acceptors (Lipinski definition) is 0. The molecule has 1 heteroatoms. The molecule has 0 atom stereocenters. The molecule has 0 spiro atoms. The van der Waals surface area contributed by atoms with Crippen molar-refractivity contribution in [3.05, 3.63) is 168 Å². The molecule has 0 unspecified atom stereocenters. The highest BCUT2D eigenvalue weighted by atomic mass is 14.3. The molecule has 0 fully saturated rings. The molecule has 0 radical (unpaired) electrons. The molecule has 0 nitrogen and oxygen atoms in total. The maximum atomic E-state index is 2.27. The van der Waals surface area contributed by atoms with Crippen molar-refractivity contribution >= 4 is 34.3 Å². The Morgan fingerprint density at radius 2 is 0.765 bits per heavy atom. The van der Waals surface area contributed by atoms with Gasteiger partial charge in [0.25, 0.3) is 0 Å². The van der Waals surface area contributed by atoms with Gasteiger partial charge in [0.1, 0.15) is 0 Å². The fourth-order valence-electron chi connectivity index (χ4n) is 5.28. The fourth-order valence-corrected chi connectivity index (χ4v) is 5.28. The zero-order chi connectivity index (χ0) is 22.7. The molecule has 160 valence electrons. The Kier molecular flexibility index (Phi) is 5.37. The number of allylic oxidation sites excluding steroid dienone is 2. The molecule has 0 aliphatic carbocycles. The Morgan fingerprint density at radius 3 is 1.12 bits per heavy atom. The van der Waals surface area contributed by atoms with E-state index in [0.717, 1.165) is 0 Å². The zero-order valence-corrected chi connectivity index (χ0v) is 18.9. The van der Waals surface area contributed by atoms with Gasteiger partial charge < -0.3 is 0 Å². The van der Waals surface area contributed by atoms with Crippen LogP contribution < -0.4 is 5.46 Å². The van der Waals surface area contributed by atoms with E-state index in [-0.39, 0.29) is 6.71 Å². The largest absolute Gasteiger partial charge is 0.219 e. The second kappa shape index (κ2) is 8.96. The van der Waals surface area contributed by atoms with Gasteiger partial charge >= 0.3 is 0 Å². The normalized spacial score (nSPS) is 13.6. The lowest BCUT2D eigenvalue weighted by Crippen LogP contribution is -2.31. The summed E-state index contributed by atoms with van der Waals surface area (Å²) in [4.78, 5) is 0. The highest BCUT2D eigenvalue weighted by Crippen LogP contribution is 2.50. The first-order valence-corrected chi connectivity index (χ1v) is 11.8. The number of rotatable bonds is 5. The van der Waals surface area contributed by atoms with Gasteiger partial charge in [0.15, 0.2) is 0 Å². The Balaban J connectivity index is 1.77. The maximum absolute atomic E-state index is 2.27. The molecule has 0 aromatic heterocycles. The lowest BCUT2D eigenvalue weighted by atomic mass is 9.35. The average molecular weight is 431 g/mol. The van der Waals surface area contributed by atoms with Crippen molar-refractivity contribution < 1.29 is 0 Å². The standard InChI is InChI=1S/C33H24B/c1-5-15-25(16-6-1)30-31(26-17-7-2-8-18-26)33(28-21-11-4-12-22-28)34(29-23-13-14-24-29)32(30)27-19-9-3-10-20-27/h1-24H/q-1. The van der Waals surface area contributed by atoms with Crippen LogP contribution in [0.1, 0.15) is 22.3 Å². The molecular weight excluding hydrogens is 407 g/mol. The van der Waals surface area contributed by atoms with Crippen molar-refractivity contribution in [3.8, 4) is 0 Å². The van der Waals surface area contributed by atoms with E-state index in [4.69, 9.17) is 0 Å². The third-order valence-electron chi connectivity index (χ3n) is 6.68. The van der Waals surface area contributed by atoms with Crippen LogP contribution >= 0.6 is 0 Å². The predicted molar refractivity (Wildman–Crippen MR) is 147 cm³/mol. The zero-order valence-electron chi connectivity index (χ0n) is 18.9. The molecule has 0 saturated carbocycles. The molecule has 5 aromatic rings. The van der Waals surface area contributed by atoms with E-state index < -0.39 is 0 Å². The van der Waals surface area contributed by atoms with Crippen molar-refractivity contribution in [3.63, 3.8) is 0 Å². The van der Waals surface area contributed by atoms with Gasteiger partial charge in [-0.05, 0) is 33.4 Å². The SMILES string of the molecule is c1ccc(C2=C(c3ccccc3)C(c3ccccc3)=C(c3ccccc3)B2c2ccc[cH-]2)cc1.